The lowest BCUT2D eigenvalue weighted by molar-refractivity contribution is -0.384. The number of hydrogen-bond donors (Lipinski definition) is 2. The predicted octanol–water partition coefficient (Wildman–Crippen LogP) is 1.59. The number of thiophene rings is 1. The summed E-state index contributed by atoms with van der Waals surface area (Å²) in [5.41, 5.74) is -0.392. The first-order chi connectivity index (χ1) is 8.88. The third kappa shape index (κ3) is 4.69. The van der Waals surface area contributed by atoms with E-state index in [4.69, 9.17) is 11.6 Å². The summed E-state index contributed by atoms with van der Waals surface area (Å²) < 4.78 is 25.7. The first-order valence-corrected chi connectivity index (χ1v) is 8.20. The van der Waals surface area contributed by atoms with Crippen molar-refractivity contribution in [2.75, 3.05) is 19.6 Å². The lowest BCUT2D eigenvalue weighted by atomic mass is 10.5. The molecule has 1 aromatic rings. The number of halogens is 1. The molecule has 0 aliphatic rings. The van der Waals surface area contributed by atoms with Crippen molar-refractivity contribution in [3.8, 4) is 0 Å². The number of rotatable bonds is 8. The molecule has 0 saturated carbocycles. The molecule has 0 bridgehead atoms. The van der Waals surface area contributed by atoms with Crippen molar-refractivity contribution in [3.63, 3.8) is 0 Å². The maximum absolute atomic E-state index is 11.8. The quantitative estimate of drug-likeness (QED) is 0.429. The van der Waals surface area contributed by atoms with Gasteiger partial charge in [-0.25, -0.2) is 13.1 Å². The van der Waals surface area contributed by atoms with Crippen LogP contribution >= 0.6 is 22.9 Å². The highest BCUT2D eigenvalue weighted by Gasteiger charge is 2.24. The predicted molar refractivity (Wildman–Crippen MR) is 74.3 cm³/mol. The molecule has 1 heterocycles. The van der Waals surface area contributed by atoms with Gasteiger partial charge in [-0.3, -0.25) is 10.1 Å². The molecule has 0 radical (unpaired) electrons. The average Bonchev–Trinajstić information content (AvgIpc) is 2.72. The van der Waals surface area contributed by atoms with E-state index >= 15 is 0 Å². The smallest absolute Gasteiger partial charge is 0.300 e. The van der Waals surface area contributed by atoms with E-state index in [0.717, 1.165) is 19.0 Å². The van der Waals surface area contributed by atoms with Crippen LogP contribution in [-0.4, -0.2) is 33.0 Å². The minimum atomic E-state index is -3.74. The van der Waals surface area contributed by atoms with Crippen LogP contribution in [0.25, 0.3) is 0 Å². The van der Waals surface area contributed by atoms with Crippen LogP contribution in [0.3, 0.4) is 0 Å². The van der Waals surface area contributed by atoms with E-state index in [1.165, 1.54) is 0 Å². The maximum atomic E-state index is 11.8. The Labute approximate surface area is 120 Å². The molecule has 0 fully saturated rings. The normalized spacial score (nSPS) is 11.7. The van der Waals surface area contributed by atoms with Crippen molar-refractivity contribution < 1.29 is 13.3 Å². The van der Waals surface area contributed by atoms with Crippen molar-refractivity contribution in [1.82, 2.24) is 10.0 Å². The number of nitro groups is 1. The van der Waals surface area contributed by atoms with Crippen LogP contribution in [0.5, 0.6) is 0 Å². The van der Waals surface area contributed by atoms with Gasteiger partial charge in [0.1, 0.15) is 4.21 Å². The molecule has 19 heavy (non-hydrogen) atoms. The molecule has 7 nitrogen and oxygen atoms in total. The van der Waals surface area contributed by atoms with E-state index in [1.54, 1.807) is 0 Å². The number of nitrogens with one attached hydrogen (secondary N) is 2. The Morgan fingerprint density at radius 3 is 2.63 bits per heavy atom. The first kappa shape index (κ1) is 16.3. The molecule has 108 valence electrons. The van der Waals surface area contributed by atoms with Crippen LogP contribution in [0.4, 0.5) is 5.69 Å². The minimum Gasteiger partial charge on any atom is -0.315 e. The van der Waals surface area contributed by atoms with Crippen molar-refractivity contribution in [1.29, 1.82) is 0 Å². The third-order valence-corrected chi connectivity index (χ3v) is 5.40. The second-order valence-electron chi connectivity index (χ2n) is 3.63. The summed E-state index contributed by atoms with van der Waals surface area (Å²) in [4.78, 5) is 9.89. The molecular weight excluding hydrogens is 314 g/mol. The summed E-state index contributed by atoms with van der Waals surface area (Å²) in [7, 11) is -3.74. The molecule has 0 saturated heterocycles. The van der Waals surface area contributed by atoms with Crippen LogP contribution in [0, 0.1) is 10.1 Å². The van der Waals surface area contributed by atoms with E-state index in [2.05, 4.69) is 10.0 Å². The second-order valence-corrected chi connectivity index (χ2v) is 7.28. The fourth-order valence-corrected chi connectivity index (χ4v) is 3.98. The van der Waals surface area contributed by atoms with Gasteiger partial charge in [0.15, 0.2) is 4.34 Å². The molecule has 0 atom stereocenters. The lowest BCUT2D eigenvalue weighted by Gasteiger charge is -2.05. The molecule has 10 heteroatoms. The fraction of sp³-hybridized carbons (Fsp3) is 0.556. The molecule has 0 spiro atoms. The molecular formula is C9H14ClN3O4S2. The maximum Gasteiger partial charge on any atom is 0.300 e. The molecule has 0 unspecified atom stereocenters. The highest BCUT2D eigenvalue weighted by molar-refractivity contribution is 7.91. The van der Waals surface area contributed by atoms with Crippen LogP contribution in [0.15, 0.2) is 10.3 Å². The summed E-state index contributed by atoms with van der Waals surface area (Å²) in [5, 5.41) is 13.6. The monoisotopic (exact) mass is 327 g/mol. The summed E-state index contributed by atoms with van der Waals surface area (Å²) in [6.45, 7) is 3.52. The standard InChI is InChI=1S/C9H14ClN3O4S2/c1-2-3-11-4-5-12-19(16,17)8-6-7(13(14)15)9(10)18-8/h6,11-12H,2-5H2,1H3. The van der Waals surface area contributed by atoms with Gasteiger partial charge in [-0.15, -0.1) is 11.3 Å². The van der Waals surface area contributed by atoms with Gasteiger partial charge in [0.25, 0.3) is 5.69 Å². The summed E-state index contributed by atoms with van der Waals surface area (Å²) in [6, 6.07) is 0.967. The summed E-state index contributed by atoms with van der Waals surface area (Å²) in [6.07, 6.45) is 0.958. The van der Waals surface area contributed by atoms with Crippen LogP contribution in [0.2, 0.25) is 4.34 Å². The van der Waals surface area contributed by atoms with E-state index in [-0.39, 0.29) is 15.1 Å². The van der Waals surface area contributed by atoms with Gasteiger partial charge < -0.3 is 5.32 Å². The highest BCUT2D eigenvalue weighted by Crippen LogP contribution is 2.35. The highest BCUT2D eigenvalue weighted by atomic mass is 35.5. The molecule has 1 rings (SSSR count). The molecule has 0 aromatic carbocycles. The minimum absolute atomic E-state index is 0.144. The van der Waals surface area contributed by atoms with Crippen molar-refractivity contribution >= 4 is 38.6 Å². The lowest BCUT2D eigenvalue weighted by Crippen LogP contribution is -2.31. The first-order valence-electron chi connectivity index (χ1n) is 5.52. The Kier molecular flexibility index (Phi) is 6.14. The average molecular weight is 328 g/mol. The number of hydrogen-bond acceptors (Lipinski definition) is 6. The van der Waals surface area contributed by atoms with Crippen molar-refractivity contribution in [2.24, 2.45) is 0 Å². The zero-order valence-electron chi connectivity index (χ0n) is 10.2. The van der Waals surface area contributed by atoms with E-state index in [9.17, 15) is 18.5 Å². The van der Waals surface area contributed by atoms with Gasteiger partial charge in [-0.1, -0.05) is 18.5 Å². The fourth-order valence-electron chi connectivity index (χ4n) is 1.24. The Hall–Kier alpha value is -0.740. The van der Waals surface area contributed by atoms with Gasteiger partial charge in [-0.2, -0.15) is 0 Å². The van der Waals surface area contributed by atoms with E-state index in [1.807, 2.05) is 6.92 Å². The molecule has 0 aliphatic carbocycles. The van der Waals surface area contributed by atoms with Gasteiger partial charge in [0, 0.05) is 19.2 Å². The van der Waals surface area contributed by atoms with Gasteiger partial charge in [0.05, 0.1) is 4.92 Å². The van der Waals surface area contributed by atoms with Gasteiger partial charge in [0.2, 0.25) is 10.0 Å². The number of sulfonamides is 1. The zero-order chi connectivity index (χ0) is 14.5. The van der Waals surface area contributed by atoms with Gasteiger partial charge in [-0.05, 0) is 13.0 Å². The summed E-state index contributed by atoms with van der Waals surface area (Å²) in [5.74, 6) is 0. The Balaban J connectivity index is 2.67. The number of nitrogens with zero attached hydrogens (tertiary/aromatic N) is 1. The molecule has 2 N–H and O–H groups in total. The van der Waals surface area contributed by atoms with Crippen molar-refractivity contribution in [2.45, 2.75) is 17.6 Å². The molecule has 1 aromatic heterocycles. The van der Waals surface area contributed by atoms with Crippen molar-refractivity contribution in [3.05, 3.63) is 20.5 Å². The van der Waals surface area contributed by atoms with E-state index in [0.29, 0.717) is 17.9 Å². The van der Waals surface area contributed by atoms with Crippen LogP contribution < -0.4 is 10.0 Å². The summed E-state index contributed by atoms with van der Waals surface area (Å²) >= 11 is 6.29. The Morgan fingerprint density at radius 1 is 1.42 bits per heavy atom. The molecule has 0 amide bonds. The second kappa shape index (κ2) is 7.15. The van der Waals surface area contributed by atoms with Crippen LogP contribution in [0.1, 0.15) is 13.3 Å². The van der Waals surface area contributed by atoms with E-state index < -0.39 is 20.6 Å². The van der Waals surface area contributed by atoms with Crippen LogP contribution in [-0.2, 0) is 10.0 Å². The Morgan fingerprint density at radius 2 is 2.11 bits per heavy atom. The third-order valence-electron chi connectivity index (χ3n) is 2.13. The zero-order valence-corrected chi connectivity index (χ0v) is 12.6. The largest absolute Gasteiger partial charge is 0.315 e. The Bertz CT molecular complexity index is 544. The van der Waals surface area contributed by atoms with Gasteiger partial charge >= 0.3 is 0 Å². The SMILES string of the molecule is CCCNCCNS(=O)(=O)c1cc([N+](=O)[O-])c(Cl)s1. The molecule has 0 aliphatic heterocycles. The topological polar surface area (TPSA) is 101 Å².